The van der Waals surface area contributed by atoms with Gasteiger partial charge in [0, 0.05) is 29.0 Å². The quantitative estimate of drug-likeness (QED) is 0.0145. The summed E-state index contributed by atoms with van der Waals surface area (Å²) in [5.41, 5.74) is 0.804. The number of hydrogen-bond donors (Lipinski definition) is 4. The van der Waals surface area contributed by atoms with Crippen LogP contribution in [0.25, 0.3) is 10.8 Å². The summed E-state index contributed by atoms with van der Waals surface area (Å²) in [6.07, 6.45) is -0.439. The van der Waals surface area contributed by atoms with Gasteiger partial charge >= 0.3 is 59.1 Å². The fourth-order valence-electron chi connectivity index (χ4n) is 7.13. The van der Waals surface area contributed by atoms with E-state index in [1.807, 2.05) is 19.1 Å². The molecule has 0 fully saturated rings. The molecule has 0 aromatic heterocycles. The minimum Gasteiger partial charge on any atom is -0.744 e. The van der Waals surface area contributed by atoms with Crippen LogP contribution in [-0.2, 0) is 49.5 Å². The van der Waals surface area contributed by atoms with Gasteiger partial charge in [0.1, 0.15) is 27.3 Å². The van der Waals surface area contributed by atoms with Crippen molar-refractivity contribution >= 4 is 96.5 Å². The maximum absolute atomic E-state index is 14.0. The van der Waals surface area contributed by atoms with Gasteiger partial charge in [-0.05, 0) is 108 Å². The minimum atomic E-state index is -5.03. The van der Waals surface area contributed by atoms with Gasteiger partial charge in [-0.3, -0.25) is 24.2 Å². The number of azo groups is 1. The molecule has 0 heterocycles. The number of phenols is 1. The van der Waals surface area contributed by atoms with Crippen molar-refractivity contribution in [3.8, 4) is 17.2 Å². The third kappa shape index (κ3) is 16.2. The molecule has 74 heavy (non-hydrogen) atoms. The Kier molecular flexibility index (Phi) is 23.2. The maximum Gasteiger partial charge on any atom is 1.00 e. The topological polar surface area (TPSA) is 266 Å². The normalized spacial score (nSPS) is 12.8. The number of nitrogens with zero attached hydrogens (tertiary/aromatic N) is 2. The Balaban J connectivity index is 0.00000722. The number of halogens is 1. The molecule has 0 radical (unpaired) electrons. The average molecular weight is 1090 g/mol. The van der Waals surface area contributed by atoms with E-state index in [1.165, 1.54) is 48.0 Å². The molecule has 5 aromatic carbocycles. The number of nitrogens with one attached hydrogen (secondary N) is 3. The van der Waals surface area contributed by atoms with Crippen LogP contribution in [0.5, 0.6) is 17.2 Å². The number of ketones is 1. The Morgan fingerprint density at radius 3 is 2.00 bits per heavy atom. The molecule has 0 spiro atoms. The number of carbonyl (C=O) groups is 4. The molecular formula is C51H58ClN5Na2O13S2. The van der Waals surface area contributed by atoms with Crippen LogP contribution in [0, 0.1) is 5.41 Å². The summed E-state index contributed by atoms with van der Waals surface area (Å²) in [4.78, 5) is 52.8. The largest absolute Gasteiger partial charge is 1.00 e. The first-order valence-corrected chi connectivity index (χ1v) is 25.3. The number of amides is 3. The first kappa shape index (κ1) is 64.2. The van der Waals surface area contributed by atoms with Crippen LogP contribution in [0.1, 0.15) is 107 Å². The van der Waals surface area contributed by atoms with Gasteiger partial charge in [-0.15, -0.1) is 5.11 Å². The van der Waals surface area contributed by atoms with Gasteiger partial charge in [-0.1, -0.05) is 93.0 Å². The number of carbonyl (C=O) groups excluding carboxylic acids is 4. The van der Waals surface area contributed by atoms with E-state index in [4.69, 9.17) is 21.1 Å². The van der Waals surface area contributed by atoms with Crippen molar-refractivity contribution in [2.24, 2.45) is 15.6 Å². The number of aromatic hydroxyl groups is 1. The molecule has 0 aliphatic rings. The van der Waals surface area contributed by atoms with Crippen molar-refractivity contribution < 1.29 is 120 Å². The molecule has 0 saturated heterocycles. The summed E-state index contributed by atoms with van der Waals surface area (Å²) < 4.78 is 52.6. The third-order valence-electron chi connectivity index (χ3n) is 12.1. The van der Waals surface area contributed by atoms with E-state index in [0.29, 0.717) is 17.9 Å². The summed E-state index contributed by atoms with van der Waals surface area (Å²) in [5, 5.41) is 41.7. The first-order chi connectivity index (χ1) is 33.6. The predicted molar refractivity (Wildman–Crippen MR) is 272 cm³/mol. The number of hydrogen-bond acceptors (Lipinski definition) is 16. The summed E-state index contributed by atoms with van der Waals surface area (Å²) in [5.74, 6) is -2.49. The molecule has 0 bridgehead atoms. The van der Waals surface area contributed by atoms with Crippen LogP contribution in [0.15, 0.2) is 98.9 Å². The standard InChI is InChI=1S/C51H60ClN5O13S2.2Na/c1-12-39(68-40-22-15-30(50(8,9)13-2)25-35(40)51(10,11)14-3)47(61)54-32-18-21-36(52)37(26-32)55-48(62)45(46(60)49(5,6)7)67-33-19-16-31(17-20-33)56-57-43-41(71-70-69-63)24-29-23-34(72(64,65)66)27-38(53-28(4)58)42(29)44(43)59;;/h15-27,39,45,59,63H,12-14H2,1-11H3,(H,53,58)(H,54,61)(H,55,62)(H,64,65,66);;/q;2*+1/p-2. The van der Waals surface area contributed by atoms with Crippen molar-refractivity contribution in [3.05, 3.63) is 95.0 Å². The zero-order chi connectivity index (χ0) is 53.5. The molecule has 386 valence electrons. The average Bonchev–Trinajstić information content (AvgIpc) is 3.31. The summed E-state index contributed by atoms with van der Waals surface area (Å²) in [6, 6.07) is 19.3. The van der Waals surface area contributed by atoms with E-state index < -0.39 is 61.9 Å². The van der Waals surface area contributed by atoms with E-state index in [2.05, 4.69) is 83.2 Å². The van der Waals surface area contributed by atoms with Crippen LogP contribution in [0.4, 0.5) is 28.4 Å². The monoisotopic (exact) mass is 1090 g/mol. The van der Waals surface area contributed by atoms with E-state index in [0.717, 1.165) is 37.5 Å². The Morgan fingerprint density at radius 2 is 1.43 bits per heavy atom. The van der Waals surface area contributed by atoms with Crippen LogP contribution in [0.3, 0.4) is 0 Å². The number of anilines is 3. The summed E-state index contributed by atoms with van der Waals surface area (Å²) in [6.45, 7) is 20.8. The van der Waals surface area contributed by atoms with E-state index in [-0.39, 0.29) is 131 Å². The number of rotatable bonds is 21. The molecule has 5 rings (SSSR count). The molecule has 18 nitrogen and oxygen atoms in total. The fourth-order valence-corrected chi connectivity index (χ4v) is 8.32. The minimum absolute atomic E-state index is 0. The van der Waals surface area contributed by atoms with Gasteiger partial charge in [0.2, 0.25) is 12.0 Å². The molecule has 0 saturated carbocycles. The molecule has 2 unspecified atom stereocenters. The molecular weight excluding hydrogens is 1040 g/mol. The molecule has 4 N–H and O–H groups in total. The smallest absolute Gasteiger partial charge is 0.744 e. The van der Waals surface area contributed by atoms with E-state index in [1.54, 1.807) is 26.8 Å². The summed E-state index contributed by atoms with van der Waals surface area (Å²) in [7, 11) is -5.03. The van der Waals surface area contributed by atoms with Crippen molar-refractivity contribution in [1.29, 1.82) is 0 Å². The number of benzene rings is 5. The summed E-state index contributed by atoms with van der Waals surface area (Å²) >= 11 is 6.85. The predicted octanol–water partition coefficient (Wildman–Crippen LogP) is 4.89. The van der Waals surface area contributed by atoms with Crippen molar-refractivity contribution in [2.75, 3.05) is 16.0 Å². The second kappa shape index (κ2) is 26.8. The van der Waals surface area contributed by atoms with Crippen LogP contribution < -0.4 is 89.8 Å². The van der Waals surface area contributed by atoms with Gasteiger partial charge in [-0.2, -0.15) is 9.45 Å². The van der Waals surface area contributed by atoms with E-state index in [9.17, 15) is 42.5 Å². The molecule has 2 atom stereocenters. The Labute approximate surface area is 484 Å². The van der Waals surface area contributed by atoms with Crippen molar-refractivity contribution in [3.63, 3.8) is 0 Å². The van der Waals surface area contributed by atoms with Crippen molar-refractivity contribution in [1.82, 2.24) is 0 Å². The number of ether oxygens (including phenoxy) is 2. The molecule has 0 aliphatic carbocycles. The van der Waals surface area contributed by atoms with E-state index >= 15 is 0 Å². The fraction of sp³-hybridized carbons (Fsp3) is 0.373. The zero-order valence-electron chi connectivity index (χ0n) is 43.7. The van der Waals surface area contributed by atoms with Gasteiger partial charge in [0.15, 0.2) is 17.6 Å². The molecule has 23 heteroatoms. The van der Waals surface area contributed by atoms with Crippen LogP contribution >= 0.6 is 23.6 Å². The van der Waals surface area contributed by atoms with Gasteiger partial charge < -0.3 is 40.3 Å². The SMILES string of the molecule is CCC(Oc1ccc(C(C)(C)CC)cc1C(C)(C)CC)C(=O)Nc1ccc(Cl)c(NC(=O)C(Oc2ccc(N=Nc3c(SOO[O-])cc4cc(S(=O)(=O)[O-])cc(NC(C)=O)c4c3O)cc2)C(=O)C(C)(C)C)c1.[Na+].[Na+]. The maximum atomic E-state index is 14.0. The van der Waals surface area contributed by atoms with Gasteiger partial charge in [0.05, 0.1) is 43.9 Å². The number of phenolic OH excluding ortho intramolecular Hbond substituents is 1. The van der Waals surface area contributed by atoms with Gasteiger partial charge in [-0.25, -0.2) is 8.42 Å². The molecule has 0 aliphatic heterocycles. The van der Waals surface area contributed by atoms with Crippen LogP contribution in [0.2, 0.25) is 5.02 Å². The Morgan fingerprint density at radius 1 is 0.784 bits per heavy atom. The third-order valence-corrected chi connectivity index (χ3v) is 13.9. The second-order valence-electron chi connectivity index (χ2n) is 19.2. The number of fused-ring (bicyclic) bond motifs is 1. The second-order valence-corrected chi connectivity index (χ2v) is 21.7. The Hall–Kier alpha value is -4.13. The molecule has 5 aromatic rings. The van der Waals surface area contributed by atoms with Crippen molar-refractivity contribution in [2.45, 2.75) is 128 Å². The Bertz CT molecular complexity index is 3010. The molecule has 3 amide bonds. The first-order valence-electron chi connectivity index (χ1n) is 22.8. The van der Waals surface area contributed by atoms with Gasteiger partial charge in [0.25, 0.3) is 11.8 Å². The zero-order valence-corrected chi connectivity index (χ0v) is 50.1. The number of Topliss-reactive ketones (excluding diaryl/α,β-unsaturated/α-hetero) is 1. The van der Waals surface area contributed by atoms with Crippen LogP contribution in [-0.4, -0.2) is 53.8 Å².